The summed E-state index contributed by atoms with van der Waals surface area (Å²) in [6.07, 6.45) is 24.2. The van der Waals surface area contributed by atoms with Gasteiger partial charge in [0.1, 0.15) is 0 Å². The summed E-state index contributed by atoms with van der Waals surface area (Å²) >= 11 is 3.59. The molecule has 1 rings (SSSR count). The Labute approximate surface area is 275 Å². The van der Waals surface area contributed by atoms with E-state index in [-0.39, 0.29) is 0 Å². The van der Waals surface area contributed by atoms with Crippen molar-refractivity contribution < 1.29 is 18.1 Å². The van der Waals surface area contributed by atoms with Crippen molar-refractivity contribution in [3.8, 4) is 0 Å². The van der Waals surface area contributed by atoms with Crippen molar-refractivity contribution in [3.63, 3.8) is 0 Å². The zero-order valence-electron chi connectivity index (χ0n) is 29.5. The van der Waals surface area contributed by atoms with Crippen LogP contribution in [-0.2, 0) is 18.1 Å². The third-order valence-electron chi connectivity index (χ3n) is 9.32. The van der Waals surface area contributed by atoms with Crippen LogP contribution >= 0.6 is 12.2 Å². The summed E-state index contributed by atoms with van der Waals surface area (Å²) in [5.74, 6) is 0. The fourth-order valence-electron chi connectivity index (χ4n) is 6.08. The summed E-state index contributed by atoms with van der Waals surface area (Å²) in [4.78, 5) is 8.50. The predicted molar refractivity (Wildman–Crippen MR) is 199 cm³/mol. The van der Waals surface area contributed by atoms with Crippen molar-refractivity contribution >= 4 is 52.8 Å². The van der Waals surface area contributed by atoms with Gasteiger partial charge in [0.15, 0.2) is 0 Å². The van der Waals surface area contributed by atoms with Crippen molar-refractivity contribution in [1.82, 2.24) is 0 Å². The standard InChI is InChI=1S/C34H68O3Si3.COS/c1-9-10-11-12-13-14-15-16-17-18-19-20-21-22-23-24-30-38(5,6)33-26-28-34(29-27-33)39(7,8)31-25-32-40(35-2,36-3)37-4;2-1-3/h26-29H,9-25,30-32H2,1-8H3;. The maximum atomic E-state index is 8.50. The van der Waals surface area contributed by atoms with Crippen LogP contribution in [-0.4, -0.2) is 51.5 Å². The highest BCUT2D eigenvalue weighted by molar-refractivity contribution is 7.78. The van der Waals surface area contributed by atoms with Crippen LogP contribution in [0.5, 0.6) is 0 Å². The molecule has 0 saturated carbocycles. The molecule has 8 heteroatoms. The van der Waals surface area contributed by atoms with E-state index in [9.17, 15) is 0 Å². The minimum Gasteiger partial charge on any atom is -0.377 e. The van der Waals surface area contributed by atoms with Gasteiger partial charge in [-0.2, -0.15) is 0 Å². The van der Waals surface area contributed by atoms with Crippen molar-refractivity contribution in [2.45, 2.75) is 160 Å². The summed E-state index contributed by atoms with van der Waals surface area (Å²) in [6, 6.07) is 13.4. The Morgan fingerprint density at radius 3 is 1.12 bits per heavy atom. The van der Waals surface area contributed by atoms with Gasteiger partial charge in [0, 0.05) is 39.6 Å². The number of rotatable bonds is 26. The molecule has 0 bridgehead atoms. The summed E-state index contributed by atoms with van der Waals surface area (Å²) in [6.45, 7) is 12.4. The molecule has 43 heavy (non-hydrogen) atoms. The number of benzene rings is 1. The number of hydrogen-bond acceptors (Lipinski definition) is 5. The van der Waals surface area contributed by atoms with E-state index in [1.165, 1.54) is 115 Å². The van der Waals surface area contributed by atoms with Crippen molar-refractivity contribution in [2.75, 3.05) is 21.3 Å². The summed E-state index contributed by atoms with van der Waals surface area (Å²) in [5, 5.41) is 4.29. The number of unbranched alkanes of at least 4 members (excludes halogenated alkanes) is 15. The Morgan fingerprint density at radius 2 is 0.814 bits per heavy atom. The van der Waals surface area contributed by atoms with Crippen molar-refractivity contribution in [2.24, 2.45) is 0 Å². The van der Waals surface area contributed by atoms with Gasteiger partial charge in [-0.1, -0.05) is 189 Å². The van der Waals surface area contributed by atoms with Gasteiger partial charge in [-0.25, -0.2) is 4.79 Å². The molecule has 0 aromatic heterocycles. The summed E-state index contributed by atoms with van der Waals surface area (Å²) < 4.78 is 16.9. The molecule has 250 valence electrons. The van der Waals surface area contributed by atoms with Crippen LogP contribution in [0, 0.1) is 0 Å². The minimum atomic E-state index is -2.46. The number of carbonyl (C=O) groups excluding carboxylic acids is 1. The van der Waals surface area contributed by atoms with Crippen LogP contribution in [0.3, 0.4) is 0 Å². The molecule has 0 radical (unpaired) electrons. The van der Waals surface area contributed by atoms with Gasteiger partial charge in [-0.3, -0.25) is 0 Å². The maximum absolute atomic E-state index is 8.50. The second kappa shape index (κ2) is 25.7. The molecule has 0 N–H and O–H groups in total. The normalized spacial score (nSPS) is 12.1. The Kier molecular flexibility index (Phi) is 25.4. The lowest BCUT2D eigenvalue weighted by Gasteiger charge is -2.28. The van der Waals surface area contributed by atoms with E-state index in [1.54, 1.807) is 31.7 Å². The molecule has 0 fully saturated rings. The molecule has 1 aromatic rings. The largest absolute Gasteiger partial charge is 0.500 e. The average Bonchev–Trinajstić information content (AvgIpc) is 3.00. The molecule has 0 amide bonds. The highest BCUT2D eigenvalue weighted by atomic mass is 32.1. The van der Waals surface area contributed by atoms with Gasteiger partial charge in [0.2, 0.25) is 5.23 Å². The van der Waals surface area contributed by atoms with Crippen LogP contribution in [0.15, 0.2) is 24.3 Å². The first-order valence-corrected chi connectivity index (χ1v) is 26.1. The Hall–Kier alpha value is -0.449. The minimum absolute atomic E-state index is 0.893. The van der Waals surface area contributed by atoms with Crippen LogP contribution < -0.4 is 10.4 Å². The number of thiocarbonyl (C=S) groups is 1. The third-order valence-corrected chi connectivity index (χ3v) is 19.2. The lowest BCUT2D eigenvalue weighted by Crippen LogP contribution is -2.46. The van der Waals surface area contributed by atoms with Crippen molar-refractivity contribution in [3.05, 3.63) is 24.3 Å². The molecule has 4 nitrogen and oxygen atoms in total. The van der Waals surface area contributed by atoms with E-state index in [4.69, 9.17) is 18.1 Å². The average molecular weight is 669 g/mol. The SMILES string of the molecule is CCCCCCCCCCCCCCCCCC[Si](C)(C)c1ccc([Si](C)(C)CCC[Si](OC)(OC)OC)cc1.O=C=S. The molecule has 0 aliphatic carbocycles. The van der Waals surface area contributed by atoms with Gasteiger partial charge in [0.25, 0.3) is 0 Å². The van der Waals surface area contributed by atoms with E-state index in [0.717, 1.165) is 17.7 Å². The van der Waals surface area contributed by atoms with Gasteiger partial charge >= 0.3 is 8.80 Å². The molecule has 0 aliphatic rings. The van der Waals surface area contributed by atoms with Gasteiger partial charge < -0.3 is 13.3 Å². The molecule has 0 heterocycles. The molecule has 1 aromatic carbocycles. The highest BCUT2D eigenvalue weighted by Crippen LogP contribution is 2.22. The first kappa shape index (κ1) is 42.6. The lowest BCUT2D eigenvalue weighted by atomic mass is 10.0. The van der Waals surface area contributed by atoms with Crippen molar-refractivity contribution in [1.29, 1.82) is 0 Å². The number of hydrogen-bond donors (Lipinski definition) is 0. The maximum Gasteiger partial charge on any atom is 0.500 e. The second-order valence-electron chi connectivity index (χ2n) is 13.6. The smallest absolute Gasteiger partial charge is 0.377 e. The molecule has 0 aliphatic heterocycles. The van der Waals surface area contributed by atoms with E-state index in [2.05, 4.69) is 69.6 Å². The summed E-state index contributed by atoms with van der Waals surface area (Å²) in [7, 11) is -0.175. The van der Waals surface area contributed by atoms with Gasteiger partial charge in [-0.15, -0.1) is 0 Å². The van der Waals surface area contributed by atoms with E-state index in [0.29, 0.717) is 0 Å². The topological polar surface area (TPSA) is 44.8 Å². The Morgan fingerprint density at radius 1 is 0.535 bits per heavy atom. The van der Waals surface area contributed by atoms with E-state index < -0.39 is 25.0 Å². The molecule has 0 unspecified atom stereocenters. The fraction of sp³-hybridized carbons (Fsp3) is 0.800. The van der Waals surface area contributed by atoms with Gasteiger partial charge in [0.05, 0.1) is 16.1 Å². The molecule has 0 spiro atoms. The fourth-order valence-corrected chi connectivity index (χ4v) is 13.1. The monoisotopic (exact) mass is 668 g/mol. The zero-order valence-corrected chi connectivity index (χ0v) is 33.3. The van der Waals surface area contributed by atoms with Gasteiger partial charge in [-0.05, 0) is 0 Å². The first-order valence-electron chi connectivity index (χ1n) is 17.3. The quantitative estimate of drug-likeness (QED) is 0.0558. The predicted octanol–water partition coefficient (Wildman–Crippen LogP) is 10.3. The van der Waals surface area contributed by atoms with Crippen LogP contribution in [0.4, 0.5) is 0 Å². The lowest BCUT2D eigenvalue weighted by molar-refractivity contribution is 0.123. The molecular weight excluding hydrogens is 601 g/mol. The van der Waals surface area contributed by atoms with E-state index in [1.807, 2.05) is 0 Å². The second-order valence-corrected chi connectivity index (χ2v) is 26.6. The first-order chi connectivity index (χ1) is 20.6. The Balaban J connectivity index is 0.00000562. The highest BCUT2D eigenvalue weighted by Gasteiger charge is 2.38. The molecule has 0 saturated heterocycles. The third kappa shape index (κ3) is 19.6. The summed E-state index contributed by atoms with van der Waals surface area (Å²) in [5.41, 5.74) is 0. The zero-order chi connectivity index (χ0) is 32.5. The Bertz CT molecular complexity index is 815. The molecule has 0 atom stereocenters. The molecular formula is C35H68O4SSi3. The van der Waals surface area contributed by atoms with Crippen LogP contribution in [0.25, 0.3) is 0 Å². The van der Waals surface area contributed by atoms with E-state index >= 15 is 0 Å². The van der Waals surface area contributed by atoms with Crippen LogP contribution in [0.1, 0.15) is 116 Å². The van der Waals surface area contributed by atoms with Crippen LogP contribution in [0.2, 0.25) is 44.3 Å².